The number of hydrogen-bond donors (Lipinski definition) is 0. The van der Waals surface area contributed by atoms with Crippen LogP contribution in [0.3, 0.4) is 0 Å². The molecule has 1 heterocycles. The van der Waals surface area contributed by atoms with E-state index in [2.05, 4.69) is 4.90 Å². The number of hydrogen-bond acceptors (Lipinski definition) is 4. The second-order valence-corrected chi connectivity index (χ2v) is 5.80. The molecule has 4 heteroatoms. The third kappa shape index (κ3) is 4.03. The highest BCUT2D eigenvalue weighted by atomic mass is 16.5. The molecule has 1 unspecified atom stereocenters. The monoisotopic (exact) mass is 267 g/mol. The molecule has 0 spiro atoms. The Morgan fingerprint density at radius 3 is 2.63 bits per heavy atom. The summed E-state index contributed by atoms with van der Waals surface area (Å²) in [5, 5.41) is 0. The summed E-state index contributed by atoms with van der Waals surface area (Å²) in [6.07, 6.45) is 7.25. The van der Waals surface area contributed by atoms with Crippen molar-refractivity contribution in [3.63, 3.8) is 0 Å². The van der Waals surface area contributed by atoms with Crippen LogP contribution in [0.4, 0.5) is 0 Å². The van der Waals surface area contributed by atoms with E-state index in [1.807, 2.05) is 0 Å². The fourth-order valence-corrected chi connectivity index (χ4v) is 3.27. The topological polar surface area (TPSA) is 46.6 Å². The standard InChI is InChI=1S/C15H25NO3/c1-2-19-15(18)13-8-9-16(11-14(13)17)10-12-6-4-3-5-7-12/h12-13H,2-11H2,1H3. The molecule has 0 aromatic rings. The molecule has 2 rings (SSSR count). The Balaban J connectivity index is 1.79. The highest BCUT2D eigenvalue weighted by molar-refractivity contribution is 6.00. The van der Waals surface area contributed by atoms with Gasteiger partial charge in [0.05, 0.1) is 13.2 Å². The van der Waals surface area contributed by atoms with E-state index in [4.69, 9.17) is 4.74 Å². The lowest BCUT2D eigenvalue weighted by atomic mass is 9.87. The van der Waals surface area contributed by atoms with Crippen molar-refractivity contribution in [3.8, 4) is 0 Å². The summed E-state index contributed by atoms with van der Waals surface area (Å²) in [6.45, 7) is 4.45. The number of esters is 1. The Morgan fingerprint density at radius 1 is 1.26 bits per heavy atom. The summed E-state index contributed by atoms with van der Waals surface area (Å²) in [7, 11) is 0. The molecule has 0 aromatic carbocycles. The third-order valence-corrected chi connectivity index (χ3v) is 4.31. The minimum Gasteiger partial charge on any atom is -0.465 e. The Kier molecular flexibility index (Phi) is 5.37. The summed E-state index contributed by atoms with van der Waals surface area (Å²) >= 11 is 0. The van der Waals surface area contributed by atoms with E-state index >= 15 is 0 Å². The second-order valence-electron chi connectivity index (χ2n) is 5.80. The number of piperidine rings is 1. The largest absolute Gasteiger partial charge is 0.465 e. The molecule has 2 fully saturated rings. The molecule has 4 nitrogen and oxygen atoms in total. The van der Waals surface area contributed by atoms with Crippen LogP contribution in [0.2, 0.25) is 0 Å². The fourth-order valence-electron chi connectivity index (χ4n) is 3.27. The average molecular weight is 267 g/mol. The first-order valence-electron chi connectivity index (χ1n) is 7.62. The van der Waals surface area contributed by atoms with Crippen molar-refractivity contribution in [3.05, 3.63) is 0 Å². The van der Waals surface area contributed by atoms with Crippen molar-refractivity contribution in [1.29, 1.82) is 0 Å². The van der Waals surface area contributed by atoms with Crippen molar-refractivity contribution in [2.45, 2.75) is 45.4 Å². The molecule has 1 atom stereocenters. The number of carbonyl (C=O) groups is 2. The molecule has 19 heavy (non-hydrogen) atoms. The van der Waals surface area contributed by atoms with Gasteiger partial charge in [-0.15, -0.1) is 0 Å². The van der Waals surface area contributed by atoms with Gasteiger partial charge in [-0.1, -0.05) is 19.3 Å². The summed E-state index contributed by atoms with van der Waals surface area (Å²) in [4.78, 5) is 25.9. The van der Waals surface area contributed by atoms with Crippen LogP contribution in [0.5, 0.6) is 0 Å². The Bertz CT molecular complexity index is 323. The molecule has 0 amide bonds. The smallest absolute Gasteiger partial charge is 0.316 e. The van der Waals surface area contributed by atoms with Crippen LogP contribution in [0.1, 0.15) is 45.4 Å². The predicted octanol–water partition coefficient (Wildman–Crippen LogP) is 2.02. The predicted molar refractivity (Wildman–Crippen MR) is 72.8 cm³/mol. The molecule has 108 valence electrons. The van der Waals surface area contributed by atoms with Gasteiger partial charge in [-0.3, -0.25) is 14.5 Å². The SMILES string of the molecule is CCOC(=O)C1CCN(CC2CCCCC2)CC1=O. The van der Waals surface area contributed by atoms with Gasteiger partial charge < -0.3 is 4.74 Å². The molecule has 1 saturated heterocycles. The molecular weight excluding hydrogens is 242 g/mol. The van der Waals surface area contributed by atoms with E-state index in [9.17, 15) is 9.59 Å². The fraction of sp³-hybridized carbons (Fsp3) is 0.867. The number of carbonyl (C=O) groups excluding carboxylic acids is 2. The summed E-state index contributed by atoms with van der Waals surface area (Å²) in [5.41, 5.74) is 0. The molecule has 1 aliphatic carbocycles. The molecule has 0 bridgehead atoms. The van der Waals surface area contributed by atoms with E-state index < -0.39 is 5.92 Å². The van der Waals surface area contributed by atoms with E-state index in [-0.39, 0.29) is 11.8 Å². The summed E-state index contributed by atoms with van der Waals surface area (Å²) < 4.78 is 4.96. The number of likely N-dealkylation sites (tertiary alicyclic amines) is 1. The average Bonchev–Trinajstić information content (AvgIpc) is 2.40. The minimum atomic E-state index is -0.512. The van der Waals surface area contributed by atoms with Crippen LogP contribution in [-0.2, 0) is 14.3 Å². The Labute approximate surface area is 115 Å². The molecule has 1 aliphatic heterocycles. The number of Topliss-reactive ketones (excluding diaryl/α,β-unsaturated/α-hetero) is 1. The van der Waals surface area contributed by atoms with E-state index in [0.29, 0.717) is 19.6 Å². The molecule has 1 saturated carbocycles. The quantitative estimate of drug-likeness (QED) is 0.577. The maximum Gasteiger partial charge on any atom is 0.316 e. The van der Waals surface area contributed by atoms with Crippen LogP contribution in [0.25, 0.3) is 0 Å². The van der Waals surface area contributed by atoms with Gasteiger partial charge in [0.2, 0.25) is 0 Å². The first-order chi connectivity index (χ1) is 9.20. The molecule has 0 aromatic heterocycles. The van der Waals surface area contributed by atoms with Gasteiger partial charge in [-0.25, -0.2) is 0 Å². The zero-order valence-electron chi connectivity index (χ0n) is 11.9. The molecule has 2 aliphatic rings. The van der Waals surface area contributed by atoms with E-state index in [1.165, 1.54) is 32.1 Å². The van der Waals surface area contributed by atoms with Crippen molar-refractivity contribution in [1.82, 2.24) is 4.90 Å². The van der Waals surface area contributed by atoms with Gasteiger partial charge in [0, 0.05) is 6.54 Å². The molecule has 0 N–H and O–H groups in total. The van der Waals surface area contributed by atoms with Crippen molar-refractivity contribution >= 4 is 11.8 Å². The maximum absolute atomic E-state index is 12.0. The first kappa shape index (κ1) is 14.5. The van der Waals surface area contributed by atoms with Crippen LogP contribution < -0.4 is 0 Å². The lowest BCUT2D eigenvalue weighted by Crippen LogP contribution is -2.45. The lowest BCUT2D eigenvalue weighted by molar-refractivity contribution is -0.153. The van der Waals surface area contributed by atoms with Crippen LogP contribution in [0.15, 0.2) is 0 Å². The van der Waals surface area contributed by atoms with Crippen molar-refractivity contribution < 1.29 is 14.3 Å². The van der Waals surface area contributed by atoms with Crippen molar-refractivity contribution in [2.75, 3.05) is 26.2 Å². The highest BCUT2D eigenvalue weighted by Gasteiger charge is 2.34. The lowest BCUT2D eigenvalue weighted by Gasteiger charge is -2.33. The highest BCUT2D eigenvalue weighted by Crippen LogP contribution is 2.26. The Hall–Kier alpha value is -0.900. The molecule has 0 radical (unpaired) electrons. The first-order valence-corrected chi connectivity index (χ1v) is 7.62. The summed E-state index contributed by atoms with van der Waals surface area (Å²) in [5.74, 6) is -0.0476. The van der Waals surface area contributed by atoms with Crippen molar-refractivity contribution in [2.24, 2.45) is 11.8 Å². The van der Waals surface area contributed by atoms with E-state index in [0.717, 1.165) is 19.0 Å². The second kappa shape index (κ2) is 7.04. The van der Waals surface area contributed by atoms with Gasteiger partial charge in [0.15, 0.2) is 5.78 Å². The maximum atomic E-state index is 12.0. The number of rotatable bonds is 4. The third-order valence-electron chi connectivity index (χ3n) is 4.31. The van der Waals surface area contributed by atoms with Gasteiger partial charge in [-0.2, -0.15) is 0 Å². The van der Waals surface area contributed by atoms with Gasteiger partial charge in [0.1, 0.15) is 5.92 Å². The number of nitrogens with zero attached hydrogens (tertiary/aromatic N) is 1. The number of ether oxygens (including phenoxy) is 1. The van der Waals surface area contributed by atoms with Gasteiger partial charge >= 0.3 is 5.97 Å². The Morgan fingerprint density at radius 2 is 2.00 bits per heavy atom. The van der Waals surface area contributed by atoms with Crippen LogP contribution >= 0.6 is 0 Å². The van der Waals surface area contributed by atoms with Gasteiger partial charge in [0.25, 0.3) is 0 Å². The zero-order chi connectivity index (χ0) is 13.7. The van der Waals surface area contributed by atoms with Gasteiger partial charge in [-0.05, 0) is 38.6 Å². The summed E-state index contributed by atoms with van der Waals surface area (Å²) in [6, 6.07) is 0. The molecular formula is C15H25NO3. The van der Waals surface area contributed by atoms with Crippen LogP contribution in [0, 0.1) is 11.8 Å². The van der Waals surface area contributed by atoms with E-state index in [1.54, 1.807) is 6.92 Å². The number of ketones is 1. The van der Waals surface area contributed by atoms with Crippen LogP contribution in [-0.4, -0.2) is 42.9 Å². The normalized spacial score (nSPS) is 26.4. The minimum absolute atomic E-state index is 0.0421. The zero-order valence-corrected chi connectivity index (χ0v) is 11.9.